The van der Waals surface area contributed by atoms with Gasteiger partial charge in [0.25, 0.3) is 5.91 Å². The fraction of sp³-hybridized carbons (Fsp3) is 0. The van der Waals surface area contributed by atoms with Crippen LogP contribution in [0, 0.1) is 0 Å². The maximum atomic E-state index is 11.9. The zero-order valence-electron chi connectivity index (χ0n) is 11.8. The van der Waals surface area contributed by atoms with Gasteiger partial charge in [-0.15, -0.1) is 0 Å². The Bertz CT molecular complexity index is 814. The average molecular weight is 325 g/mol. The number of aliphatic imine (C=N–C) groups is 1. The minimum absolute atomic E-state index is 0.189. The van der Waals surface area contributed by atoms with Crippen molar-refractivity contribution in [2.45, 2.75) is 0 Å². The number of nitrogens with one attached hydrogen (secondary N) is 1. The summed E-state index contributed by atoms with van der Waals surface area (Å²) in [6.45, 7) is 0. The molecule has 1 aliphatic heterocycles. The Morgan fingerprint density at radius 1 is 1.26 bits per heavy atom. The van der Waals surface area contributed by atoms with Crippen LogP contribution in [-0.2, 0) is 4.79 Å². The van der Waals surface area contributed by atoms with Gasteiger partial charge in [0.2, 0.25) is 0 Å². The van der Waals surface area contributed by atoms with Crippen LogP contribution in [0.1, 0.15) is 15.9 Å². The number of rotatable bonds is 3. The second-order valence-electron chi connectivity index (χ2n) is 4.62. The van der Waals surface area contributed by atoms with Gasteiger partial charge in [0.05, 0.1) is 16.2 Å². The van der Waals surface area contributed by atoms with E-state index in [1.54, 1.807) is 36.7 Å². The van der Waals surface area contributed by atoms with Gasteiger partial charge >= 0.3 is 5.97 Å². The predicted octanol–water partition coefficient (Wildman–Crippen LogP) is 2.67. The molecule has 7 heteroatoms. The quantitative estimate of drug-likeness (QED) is 0.847. The smallest absolute Gasteiger partial charge is 0.335 e. The summed E-state index contributed by atoms with van der Waals surface area (Å²) in [5, 5.41) is 12.0. The first kappa shape index (κ1) is 15.0. The number of aromatic nitrogens is 1. The van der Waals surface area contributed by atoms with Crippen LogP contribution in [0.2, 0.25) is 0 Å². The zero-order valence-corrected chi connectivity index (χ0v) is 12.6. The number of carbonyl (C=O) groups is 2. The highest BCUT2D eigenvalue weighted by molar-refractivity contribution is 8.18. The third kappa shape index (κ3) is 3.64. The highest BCUT2D eigenvalue weighted by atomic mass is 32.2. The molecule has 0 bridgehead atoms. The van der Waals surface area contributed by atoms with E-state index in [0.717, 1.165) is 5.56 Å². The van der Waals surface area contributed by atoms with Crippen LogP contribution in [0.4, 0.5) is 5.69 Å². The molecule has 2 N–H and O–H groups in total. The largest absolute Gasteiger partial charge is 0.478 e. The maximum absolute atomic E-state index is 11.9. The van der Waals surface area contributed by atoms with Crippen molar-refractivity contribution in [2.75, 3.05) is 0 Å². The molecule has 23 heavy (non-hydrogen) atoms. The molecular weight excluding hydrogens is 314 g/mol. The van der Waals surface area contributed by atoms with Crippen LogP contribution >= 0.6 is 11.8 Å². The van der Waals surface area contributed by atoms with Crippen molar-refractivity contribution in [1.29, 1.82) is 0 Å². The molecule has 1 saturated heterocycles. The Balaban J connectivity index is 1.79. The minimum atomic E-state index is -0.991. The molecule has 1 fully saturated rings. The molecule has 0 atom stereocenters. The van der Waals surface area contributed by atoms with Gasteiger partial charge in [-0.05, 0) is 53.7 Å². The van der Waals surface area contributed by atoms with Gasteiger partial charge in [-0.3, -0.25) is 9.78 Å². The second kappa shape index (κ2) is 6.45. The summed E-state index contributed by atoms with van der Waals surface area (Å²) in [5.74, 6) is -1.21. The summed E-state index contributed by atoms with van der Waals surface area (Å²) in [7, 11) is 0. The summed E-state index contributed by atoms with van der Waals surface area (Å²) in [6, 6.07) is 9.76. The summed E-state index contributed by atoms with van der Waals surface area (Å²) in [5.41, 5.74) is 1.59. The topological polar surface area (TPSA) is 91.7 Å². The van der Waals surface area contributed by atoms with Crippen molar-refractivity contribution >= 4 is 40.6 Å². The van der Waals surface area contributed by atoms with E-state index in [-0.39, 0.29) is 11.5 Å². The fourth-order valence-electron chi connectivity index (χ4n) is 1.89. The number of pyridine rings is 1. The summed E-state index contributed by atoms with van der Waals surface area (Å²) in [4.78, 5) is 31.6. The van der Waals surface area contributed by atoms with Crippen LogP contribution in [0.25, 0.3) is 6.08 Å². The zero-order chi connectivity index (χ0) is 16.2. The molecule has 1 aromatic carbocycles. The molecule has 0 radical (unpaired) electrons. The van der Waals surface area contributed by atoms with E-state index in [9.17, 15) is 9.59 Å². The van der Waals surface area contributed by atoms with Gasteiger partial charge in [-0.1, -0.05) is 6.07 Å². The first-order valence-corrected chi connectivity index (χ1v) is 7.46. The summed E-state index contributed by atoms with van der Waals surface area (Å²) < 4.78 is 0. The predicted molar refractivity (Wildman–Crippen MR) is 88.4 cm³/mol. The number of carboxylic acids is 1. The van der Waals surface area contributed by atoms with E-state index in [1.165, 1.54) is 23.9 Å². The molecular formula is C16H11N3O3S. The first-order chi connectivity index (χ1) is 11.1. The number of hydrogen-bond donors (Lipinski definition) is 2. The van der Waals surface area contributed by atoms with Gasteiger partial charge in [-0.25, -0.2) is 9.79 Å². The van der Waals surface area contributed by atoms with Crippen LogP contribution in [0.15, 0.2) is 58.7 Å². The van der Waals surface area contributed by atoms with Crippen LogP contribution in [0.5, 0.6) is 0 Å². The number of carbonyl (C=O) groups excluding carboxylic acids is 1. The van der Waals surface area contributed by atoms with Gasteiger partial charge < -0.3 is 10.4 Å². The van der Waals surface area contributed by atoms with Crippen molar-refractivity contribution in [3.05, 3.63) is 64.8 Å². The number of amidine groups is 1. The maximum Gasteiger partial charge on any atom is 0.335 e. The molecule has 0 unspecified atom stereocenters. The van der Waals surface area contributed by atoms with Gasteiger partial charge in [0.15, 0.2) is 5.17 Å². The van der Waals surface area contributed by atoms with Crippen LogP contribution in [0.3, 0.4) is 0 Å². The van der Waals surface area contributed by atoms with Crippen LogP contribution in [-0.4, -0.2) is 27.1 Å². The summed E-state index contributed by atoms with van der Waals surface area (Å²) >= 11 is 1.23. The Hall–Kier alpha value is -2.93. The fourth-order valence-corrected chi connectivity index (χ4v) is 2.73. The highest BCUT2D eigenvalue weighted by Crippen LogP contribution is 2.27. The Morgan fingerprint density at radius 2 is 2.04 bits per heavy atom. The molecule has 1 aliphatic rings. The molecule has 114 valence electrons. The van der Waals surface area contributed by atoms with Crippen molar-refractivity contribution < 1.29 is 14.7 Å². The second-order valence-corrected chi connectivity index (χ2v) is 5.65. The van der Waals surface area contributed by atoms with E-state index in [2.05, 4.69) is 15.3 Å². The standard InChI is InChI=1S/C16H11N3O3S/c20-14-13(8-10-2-1-7-17-9-10)23-16(19-14)18-12-5-3-11(4-6-12)15(21)22/h1-9H,(H,21,22)(H,18,19,20)/b13-8-. The lowest BCUT2D eigenvalue weighted by Crippen LogP contribution is -2.19. The normalized spacial score (nSPS) is 17.5. The molecule has 2 heterocycles. The first-order valence-electron chi connectivity index (χ1n) is 6.65. The number of benzene rings is 1. The van der Waals surface area contributed by atoms with Gasteiger partial charge in [0, 0.05) is 12.4 Å². The number of thioether (sulfide) groups is 1. The molecule has 6 nitrogen and oxygen atoms in total. The lowest BCUT2D eigenvalue weighted by atomic mass is 10.2. The van der Waals surface area contributed by atoms with E-state index in [1.807, 2.05) is 6.07 Å². The lowest BCUT2D eigenvalue weighted by Gasteiger charge is -1.97. The van der Waals surface area contributed by atoms with E-state index in [4.69, 9.17) is 5.11 Å². The van der Waals surface area contributed by atoms with E-state index in [0.29, 0.717) is 15.8 Å². The number of carboxylic acid groups (broad SMARTS) is 1. The Morgan fingerprint density at radius 3 is 2.70 bits per heavy atom. The lowest BCUT2D eigenvalue weighted by molar-refractivity contribution is -0.115. The number of nitrogens with zero attached hydrogens (tertiary/aromatic N) is 2. The molecule has 0 aliphatic carbocycles. The minimum Gasteiger partial charge on any atom is -0.478 e. The average Bonchev–Trinajstić information content (AvgIpc) is 2.88. The molecule has 3 rings (SSSR count). The number of aromatic carboxylic acids is 1. The number of hydrogen-bond acceptors (Lipinski definition) is 5. The van der Waals surface area contributed by atoms with Crippen LogP contribution < -0.4 is 5.32 Å². The number of amides is 1. The van der Waals surface area contributed by atoms with Crippen molar-refractivity contribution in [1.82, 2.24) is 10.3 Å². The van der Waals surface area contributed by atoms with Gasteiger partial charge in [-0.2, -0.15) is 0 Å². The molecule has 0 spiro atoms. The van der Waals surface area contributed by atoms with Gasteiger partial charge in [0.1, 0.15) is 0 Å². The molecule has 2 aromatic rings. The molecule has 0 saturated carbocycles. The highest BCUT2D eigenvalue weighted by Gasteiger charge is 2.23. The third-order valence-corrected chi connectivity index (χ3v) is 3.89. The monoisotopic (exact) mass is 325 g/mol. The van der Waals surface area contributed by atoms with Crippen molar-refractivity contribution in [3.8, 4) is 0 Å². The van der Waals surface area contributed by atoms with E-state index < -0.39 is 5.97 Å². The molecule has 1 aromatic heterocycles. The Labute approximate surface area is 136 Å². The van der Waals surface area contributed by atoms with Crippen molar-refractivity contribution in [2.24, 2.45) is 4.99 Å². The Kier molecular flexibility index (Phi) is 4.20. The van der Waals surface area contributed by atoms with Crippen molar-refractivity contribution in [3.63, 3.8) is 0 Å². The third-order valence-electron chi connectivity index (χ3n) is 2.98. The summed E-state index contributed by atoms with van der Waals surface area (Å²) in [6.07, 6.45) is 5.07. The molecule has 1 amide bonds. The SMILES string of the molecule is O=C1NC(=Nc2ccc(C(=O)O)cc2)S/C1=C\c1cccnc1. The van der Waals surface area contributed by atoms with E-state index >= 15 is 0 Å².